The number of anilines is 2. The zero-order valence-electron chi connectivity index (χ0n) is 12.5. The third kappa shape index (κ3) is 5.85. The van der Waals surface area contributed by atoms with Crippen molar-refractivity contribution >= 4 is 11.6 Å². The Kier molecular flexibility index (Phi) is 6.52. The van der Waals surface area contributed by atoms with Crippen molar-refractivity contribution in [2.75, 3.05) is 45.4 Å². The summed E-state index contributed by atoms with van der Waals surface area (Å²) in [7, 11) is 7.64. The van der Waals surface area contributed by atoms with E-state index in [0.29, 0.717) is 18.5 Å². The molecule has 1 heterocycles. The smallest absolute Gasteiger partial charge is 0.158 e. The standard InChI is InChI=1S/C13H25N5O/c1-10(6-7-18(3)4)15-12-8-11(14-2)16-13(17-12)9-19-5/h8,10H,6-7,9H2,1-5H3,(H2,14,15,16,17). The van der Waals surface area contributed by atoms with Crippen LogP contribution in [-0.2, 0) is 11.3 Å². The first-order valence-electron chi connectivity index (χ1n) is 6.51. The van der Waals surface area contributed by atoms with Gasteiger partial charge in [0, 0.05) is 26.3 Å². The molecule has 1 unspecified atom stereocenters. The molecule has 1 rings (SSSR count). The lowest BCUT2D eigenvalue weighted by atomic mass is 10.2. The minimum absolute atomic E-state index is 0.359. The first kappa shape index (κ1) is 15.7. The van der Waals surface area contributed by atoms with Gasteiger partial charge in [0.05, 0.1) is 0 Å². The fraction of sp³-hybridized carbons (Fsp3) is 0.692. The molecule has 0 radical (unpaired) electrons. The number of rotatable bonds is 8. The number of hydrogen-bond donors (Lipinski definition) is 2. The van der Waals surface area contributed by atoms with E-state index in [1.807, 2.05) is 13.1 Å². The first-order valence-corrected chi connectivity index (χ1v) is 6.51. The van der Waals surface area contributed by atoms with Gasteiger partial charge in [-0.25, -0.2) is 9.97 Å². The zero-order chi connectivity index (χ0) is 14.3. The first-order chi connectivity index (χ1) is 9.05. The van der Waals surface area contributed by atoms with Crippen LogP contribution in [0.4, 0.5) is 11.6 Å². The molecule has 1 aromatic heterocycles. The van der Waals surface area contributed by atoms with Crippen molar-refractivity contribution in [1.29, 1.82) is 0 Å². The molecule has 0 aliphatic rings. The predicted molar refractivity (Wildman–Crippen MR) is 78.5 cm³/mol. The summed E-state index contributed by atoms with van der Waals surface area (Å²) in [5.41, 5.74) is 0. The van der Waals surface area contributed by atoms with Crippen molar-refractivity contribution in [3.05, 3.63) is 11.9 Å². The van der Waals surface area contributed by atoms with Crippen molar-refractivity contribution < 1.29 is 4.74 Å². The van der Waals surface area contributed by atoms with Crippen LogP contribution in [0, 0.1) is 0 Å². The number of ether oxygens (including phenoxy) is 1. The van der Waals surface area contributed by atoms with E-state index in [-0.39, 0.29) is 0 Å². The summed E-state index contributed by atoms with van der Waals surface area (Å²) in [6, 6.07) is 2.27. The minimum Gasteiger partial charge on any atom is -0.377 e. The topological polar surface area (TPSA) is 62.3 Å². The van der Waals surface area contributed by atoms with Gasteiger partial charge in [0.15, 0.2) is 5.82 Å². The van der Waals surface area contributed by atoms with Crippen LogP contribution in [0.5, 0.6) is 0 Å². The van der Waals surface area contributed by atoms with Gasteiger partial charge in [0.25, 0.3) is 0 Å². The van der Waals surface area contributed by atoms with Gasteiger partial charge in [-0.2, -0.15) is 0 Å². The van der Waals surface area contributed by atoms with Crippen LogP contribution in [0.15, 0.2) is 6.07 Å². The molecule has 1 atom stereocenters. The van der Waals surface area contributed by atoms with Gasteiger partial charge in [0.1, 0.15) is 18.2 Å². The highest BCUT2D eigenvalue weighted by Gasteiger charge is 2.07. The second-order valence-corrected chi connectivity index (χ2v) is 4.88. The van der Waals surface area contributed by atoms with E-state index in [1.54, 1.807) is 7.11 Å². The third-order valence-electron chi connectivity index (χ3n) is 2.71. The molecule has 2 N–H and O–H groups in total. The van der Waals surface area contributed by atoms with Gasteiger partial charge in [-0.3, -0.25) is 0 Å². The Bertz CT molecular complexity index is 383. The summed E-state index contributed by atoms with van der Waals surface area (Å²) < 4.78 is 5.08. The molecule has 19 heavy (non-hydrogen) atoms. The molecule has 0 bridgehead atoms. The molecule has 0 aliphatic carbocycles. The normalized spacial score (nSPS) is 12.5. The highest BCUT2D eigenvalue weighted by atomic mass is 16.5. The Morgan fingerprint density at radius 3 is 2.58 bits per heavy atom. The largest absolute Gasteiger partial charge is 0.377 e. The van der Waals surface area contributed by atoms with Crippen LogP contribution >= 0.6 is 0 Å². The number of nitrogens with one attached hydrogen (secondary N) is 2. The van der Waals surface area contributed by atoms with E-state index in [9.17, 15) is 0 Å². The molecule has 0 saturated carbocycles. The van der Waals surface area contributed by atoms with E-state index in [0.717, 1.165) is 24.6 Å². The molecule has 0 aromatic carbocycles. The van der Waals surface area contributed by atoms with Gasteiger partial charge in [0.2, 0.25) is 0 Å². The molecular formula is C13H25N5O. The van der Waals surface area contributed by atoms with Gasteiger partial charge in [-0.05, 0) is 34.0 Å². The molecule has 108 valence electrons. The average Bonchev–Trinajstić information content (AvgIpc) is 2.36. The quantitative estimate of drug-likeness (QED) is 0.743. The maximum absolute atomic E-state index is 5.08. The maximum atomic E-state index is 5.08. The van der Waals surface area contributed by atoms with Crippen LogP contribution in [-0.4, -0.2) is 55.7 Å². The fourth-order valence-corrected chi connectivity index (χ4v) is 1.67. The van der Waals surface area contributed by atoms with E-state index in [2.05, 4.69) is 46.5 Å². The Hall–Kier alpha value is -1.40. The number of nitrogens with zero attached hydrogens (tertiary/aromatic N) is 3. The van der Waals surface area contributed by atoms with Crippen molar-refractivity contribution in [2.45, 2.75) is 26.0 Å². The number of methoxy groups -OCH3 is 1. The van der Waals surface area contributed by atoms with Crippen molar-refractivity contribution in [2.24, 2.45) is 0 Å². The summed E-state index contributed by atoms with van der Waals surface area (Å²) in [5, 5.41) is 6.43. The average molecular weight is 267 g/mol. The highest BCUT2D eigenvalue weighted by molar-refractivity contribution is 5.47. The van der Waals surface area contributed by atoms with Crippen LogP contribution < -0.4 is 10.6 Å². The van der Waals surface area contributed by atoms with E-state index >= 15 is 0 Å². The van der Waals surface area contributed by atoms with Crippen LogP contribution in [0.3, 0.4) is 0 Å². The van der Waals surface area contributed by atoms with E-state index < -0.39 is 0 Å². The highest BCUT2D eigenvalue weighted by Crippen LogP contribution is 2.13. The number of aromatic nitrogens is 2. The Morgan fingerprint density at radius 1 is 1.32 bits per heavy atom. The van der Waals surface area contributed by atoms with Crippen molar-refractivity contribution in [3.8, 4) is 0 Å². The van der Waals surface area contributed by atoms with Gasteiger partial charge in [-0.1, -0.05) is 0 Å². The van der Waals surface area contributed by atoms with Crippen LogP contribution in [0.2, 0.25) is 0 Å². The summed E-state index contributed by atoms with van der Waals surface area (Å²) in [6.45, 7) is 3.61. The summed E-state index contributed by atoms with van der Waals surface area (Å²) in [6.07, 6.45) is 1.06. The molecule has 1 aromatic rings. The summed E-state index contributed by atoms with van der Waals surface area (Å²) in [4.78, 5) is 10.9. The number of hydrogen-bond acceptors (Lipinski definition) is 6. The molecule has 0 spiro atoms. The van der Waals surface area contributed by atoms with Crippen molar-refractivity contribution in [3.63, 3.8) is 0 Å². The molecule has 6 nitrogen and oxygen atoms in total. The molecule has 0 fully saturated rings. The third-order valence-corrected chi connectivity index (χ3v) is 2.71. The molecule has 0 amide bonds. The molecule has 0 aliphatic heterocycles. The van der Waals surface area contributed by atoms with Crippen LogP contribution in [0.25, 0.3) is 0 Å². The Labute approximate surface area is 115 Å². The monoisotopic (exact) mass is 267 g/mol. The maximum Gasteiger partial charge on any atom is 0.158 e. The fourth-order valence-electron chi connectivity index (χ4n) is 1.67. The lowest BCUT2D eigenvalue weighted by molar-refractivity contribution is 0.178. The van der Waals surface area contributed by atoms with Crippen molar-refractivity contribution in [1.82, 2.24) is 14.9 Å². The van der Waals surface area contributed by atoms with Gasteiger partial charge < -0.3 is 20.3 Å². The van der Waals surface area contributed by atoms with Crippen LogP contribution in [0.1, 0.15) is 19.2 Å². The molecule has 0 saturated heterocycles. The summed E-state index contributed by atoms with van der Waals surface area (Å²) in [5.74, 6) is 2.30. The minimum atomic E-state index is 0.359. The van der Waals surface area contributed by atoms with Gasteiger partial charge >= 0.3 is 0 Å². The zero-order valence-corrected chi connectivity index (χ0v) is 12.5. The second-order valence-electron chi connectivity index (χ2n) is 4.88. The Balaban J connectivity index is 2.67. The van der Waals surface area contributed by atoms with E-state index in [1.165, 1.54) is 0 Å². The molecule has 6 heteroatoms. The van der Waals surface area contributed by atoms with E-state index in [4.69, 9.17) is 4.74 Å². The lowest BCUT2D eigenvalue weighted by Gasteiger charge is -2.18. The lowest BCUT2D eigenvalue weighted by Crippen LogP contribution is -2.23. The Morgan fingerprint density at radius 2 is 2.00 bits per heavy atom. The molecular weight excluding hydrogens is 242 g/mol. The second kappa shape index (κ2) is 7.91. The SMILES string of the molecule is CNc1cc(NC(C)CCN(C)C)nc(COC)n1. The predicted octanol–water partition coefficient (Wildman–Crippen LogP) is 1.42. The summed E-state index contributed by atoms with van der Waals surface area (Å²) >= 11 is 0. The van der Waals surface area contributed by atoms with Gasteiger partial charge in [-0.15, -0.1) is 0 Å².